The van der Waals surface area contributed by atoms with Gasteiger partial charge in [0.15, 0.2) is 0 Å². The molecule has 0 aromatic carbocycles. The van der Waals surface area contributed by atoms with E-state index in [0.29, 0.717) is 5.92 Å². The van der Waals surface area contributed by atoms with Crippen LogP contribution in [0, 0.1) is 0 Å². The molecule has 108 valence electrons. The van der Waals surface area contributed by atoms with Crippen LogP contribution in [0.3, 0.4) is 0 Å². The molecule has 0 aliphatic heterocycles. The van der Waals surface area contributed by atoms with Crippen LogP contribution in [0.25, 0.3) is 11.1 Å². The Bertz CT molecular complexity index is 536. The van der Waals surface area contributed by atoms with Gasteiger partial charge in [0.05, 0.1) is 6.20 Å². The minimum Gasteiger partial charge on any atom is -0.385 e. The number of aromatic amines is 1. The molecule has 20 heavy (non-hydrogen) atoms. The largest absolute Gasteiger partial charge is 0.385 e. The van der Waals surface area contributed by atoms with E-state index in [0.717, 1.165) is 42.2 Å². The molecule has 0 aliphatic carbocycles. The molecule has 0 atom stereocenters. The number of ether oxygens (including phenoxy) is 1. The van der Waals surface area contributed by atoms with Crippen molar-refractivity contribution in [1.29, 1.82) is 0 Å². The highest BCUT2D eigenvalue weighted by Crippen LogP contribution is 2.27. The first-order chi connectivity index (χ1) is 9.72. The third-order valence-corrected chi connectivity index (χ3v) is 3.15. The number of hydrogen-bond donors (Lipinski definition) is 2. The Morgan fingerprint density at radius 1 is 1.40 bits per heavy atom. The van der Waals surface area contributed by atoms with Crippen molar-refractivity contribution in [1.82, 2.24) is 15.2 Å². The van der Waals surface area contributed by atoms with Crippen LogP contribution in [0.1, 0.15) is 31.9 Å². The Balaban J connectivity index is 2.11. The van der Waals surface area contributed by atoms with Gasteiger partial charge in [-0.2, -0.15) is 5.10 Å². The minimum absolute atomic E-state index is 0.416. The summed E-state index contributed by atoms with van der Waals surface area (Å²) in [5.41, 5.74) is 3.43. The first kappa shape index (κ1) is 14.5. The van der Waals surface area contributed by atoms with Crippen LogP contribution in [-0.4, -0.2) is 35.4 Å². The van der Waals surface area contributed by atoms with Gasteiger partial charge < -0.3 is 10.1 Å². The van der Waals surface area contributed by atoms with E-state index in [1.807, 2.05) is 18.5 Å². The number of methoxy groups -OCH3 is 1. The first-order valence-corrected chi connectivity index (χ1v) is 6.95. The molecule has 5 nitrogen and oxygen atoms in total. The maximum absolute atomic E-state index is 5.03. The standard InChI is InChI=1S/C15H22N4O/c1-11(2)15-13(10-18-19-15)12-5-7-17-14(9-12)16-6-4-8-20-3/h5,7,9-11H,4,6,8H2,1-3H3,(H,16,17)(H,18,19). The molecule has 2 N–H and O–H groups in total. The number of rotatable bonds is 7. The van der Waals surface area contributed by atoms with Crippen LogP contribution >= 0.6 is 0 Å². The van der Waals surface area contributed by atoms with Gasteiger partial charge >= 0.3 is 0 Å². The van der Waals surface area contributed by atoms with Gasteiger partial charge in [-0.25, -0.2) is 4.98 Å². The smallest absolute Gasteiger partial charge is 0.126 e. The van der Waals surface area contributed by atoms with E-state index >= 15 is 0 Å². The SMILES string of the molecule is COCCCNc1cc(-c2cn[nH]c2C(C)C)ccn1. The molecule has 0 spiro atoms. The maximum atomic E-state index is 5.03. The zero-order chi connectivity index (χ0) is 14.4. The van der Waals surface area contributed by atoms with Crippen LogP contribution in [0.2, 0.25) is 0 Å². The first-order valence-electron chi connectivity index (χ1n) is 6.95. The van der Waals surface area contributed by atoms with E-state index in [-0.39, 0.29) is 0 Å². The number of hydrogen-bond acceptors (Lipinski definition) is 4. The fraction of sp³-hybridized carbons (Fsp3) is 0.467. The summed E-state index contributed by atoms with van der Waals surface area (Å²) in [5.74, 6) is 1.30. The molecule has 5 heteroatoms. The highest BCUT2D eigenvalue weighted by Gasteiger charge is 2.11. The second-order valence-electron chi connectivity index (χ2n) is 5.05. The van der Waals surface area contributed by atoms with Gasteiger partial charge in [-0.15, -0.1) is 0 Å². The number of anilines is 1. The lowest BCUT2D eigenvalue weighted by atomic mass is 10.0. The molecule has 2 aromatic rings. The lowest BCUT2D eigenvalue weighted by Crippen LogP contribution is -2.05. The van der Waals surface area contributed by atoms with Crippen molar-refractivity contribution in [3.05, 3.63) is 30.2 Å². The molecule has 2 rings (SSSR count). The molecule has 0 bridgehead atoms. The Labute approximate surface area is 119 Å². The summed E-state index contributed by atoms with van der Waals surface area (Å²) >= 11 is 0. The van der Waals surface area contributed by atoms with E-state index in [1.165, 1.54) is 0 Å². The third-order valence-electron chi connectivity index (χ3n) is 3.15. The van der Waals surface area contributed by atoms with Crippen LogP contribution in [0.15, 0.2) is 24.5 Å². The predicted molar refractivity (Wildman–Crippen MR) is 80.9 cm³/mol. The quantitative estimate of drug-likeness (QED) is 0.762. The summed E-state index contributed by atoms with van der Waals surface area (Å²) in [7, 11) is 1.71. The molecule has 2 heterocycles. The van der Waals surface area contributed by atoms with Crippen molar-refractivity contribution in [2.75, 3.05) is 25.6 Å². The fourth-order valence-electron chi connectivity index (χ4n) is 2.09. The summed E-state index contributed by atoms with van der Waals surface area (Å²) in [4.78, 5) is 4.34. The number of nitrogens with one attached hydrogen (secondary N) is 2. The fourth-order valence-corrected chi connectivity index (χ4v) is 2.09. The Morgan fingerprint density at radius 2 is 2.25 bits per heavy atom. The van der Waals surface area contributed by atoms with Crippen molar-refractivity contribution >= 4 is 5.82 Å². The number of pyridine rings is 1. The normalized spacial score (nSPS) is 11.0. The number of nitrogens with zero attached hydrogens (tertiary/aromatic N) is 2. The van der Waals surface area contributed by atoms with Gasteiger partial charge in [0, 0.05) is 37.7 Å². The van der Waals surface area contributed by atoms with Gasteiger partial charge in [0.2, 0.25) is 0 Å². The van der Waals surface area contributed by atoms with Crippen molar-refractivity contribution in [3.63, 3.8) is 0 Å². The number of H-pyrrole nitrogens is 1. The third kappa shape index (κ3) is 3.57. The second-order valence-corrected chi connectivity index (χ2v) is 5.05. The molecule has 0 fully saturated rings. The van der Waals surface area contributed by atoms with Gasteiger partial charge in [-0.05, 0) is 30.0 Å². The van der Waals surface area contributed by atoms with E-state index in [2.05, 4.69) is 40.4 Å². The molecular weight excluding hydrogens is 252 g/mol. The molecular formula is C15H22N4O. The van der Waals surface area contributed by atoms with E-state index in [9.17, 15) is 0 Å². The zero-order valence-corrected chi connectivity index (χ0v) is 12.3. The molecule has 0 radical (unpaired) electrons. The minimum atomic E-state index is 0.416. The topological polar surface area (TPSA) is 62.8 Å². The van der Waals surface area contributed by atoms with E-state index < -0.39 is 0 Å². The molecule has 0 aliphatic rings. The van der Waals surface area contributed by atoms with Gasteiger partial charge in [-0.1, -0.05) is 13.8 Å². The lowest BCUT2D eigenvalue weighted by Gasteiger charge is -2.09. The van der Waals surface area contributed by atoms with Crippen LogP contribution in [-0.2, 0) is 4.74 Å². The van der Waals surface area contributed by atoms with Gasteiger partial charge in [0.25, 0.3) is 0 Å². The van der Waals surface area contributed by atoms with E-state index in [1.54, 1.807) is 7.11 Å². The maximum Gasteiger partial charge on any atom is 0.126 e. The predicted octanol–water partition coefficient (Wildman–Crippen LogP) is 3.04. The van der Waals surface area contributed by atoms with Crippen LogP contribution in [0.5, 0.6) is 0 Å². The second kappa shape index (κ2) is 7.05. The van der Waals surface area contributed by atoms with Crippen LogP contribution in [0.4, 0.5) is 5.82 Å². The Kier molecular flexibility index (Phi) is 5.12. The molecule has 0 saturated carbocycles. The van der Waals surface area contributed by atoms with E-state index in [4.69, 9.17) is 4.74 Å². The Hall–Kier alpha value is -1.88. The Morgan fingerprint density at radius 3 is 3.00 bits per heavy atom. The molecule has 0 saturated heterocycles. The van der Waals surface area contributed by atoms with Crippen molar-refractivity contribution < 1.29 is 4.74 Å². The summed E-state index contributed by atoms with van der Waals surface area (Å²) in [6.07, 6.45) is 4.66. The average molecular weight is 274 g/mol. The van der Waals surface area contributed by atoms with Crippen molar-refractivity contribution in [2.24, 2.45) is 0 Å². The van der Waals surface area contributed by atoms with Crippen molar-refractivity contribution in [3.8, 4) is 11.1 Å². The van der Waals surface area contributed by atoms with Crippen LogP contribution < -0.4 is 5.32 Å². The molecule has 0 amide bonds. The monoisotopic (exact) mass is 274 g/mol. The highest BCUT2D eigenvalue weighted by atomic mass is 16.5. The summed E-state index contributed by atoms with van der Waals surface area (Å²) < 4.78 is 5.03. The number of aromatic nitrogens is 3. The average Bonchev–Trinajstić information content (AvgIpc) is 2.94. The molecule has 2 aromatic heterocycles. The summed E-state index contributed by atoms with van der Waals surface area (Å²) in [6, 6.07) is 4.07. The summed E-state index contributed by atoms with van der Waals surface area (Å²) in [5, 5.41) is 10.5. The molecule has 0 unspecified atom stereocenters. The van der Waals surface area contributed by atoms with Gasteiger partial charge in [0.1, 0.15) is 5.82 Å². The van der Waals surface area contributed by atoms with Gasteiger partial charge in [-0.3, -0.25) is 5.10 Å². The highest BCUT2D eigenvalue weighted by molar-refractivity contribution is 5.68. The summed E-state index contributed by atoms with van der Waals surface area (Å²) in [6.45, 7) is 5.92. The van der Waals surface area contributed by atoms with Crippen molar-refractivity contribution in [2.45, 2.75) is 26.2 Å². The lowest BCUT2D eigenvalue weighted by molar-refractivity contribution is 0.198. The zero-order valence-electron chi connectivity index (χ0n) is 12.3.